The molecular formula is C15H23N3O. The summed E-state index contributed by atoms with van der Waals surface area (Å²) < 4.78 is 0. The average Bonchev–Trinajstić information content (AvgIpc) is 2.45. The van der Waals surface area contributed by atoms with E-state index in [2.05, 4.69) is 4.90 Å². The number of amidine groups is 1. The highest BCUT2D eigenvalue weighted by Crippen LogP contribution is 2.21. The summed E-state index contributed by atoms with van der Waals surface area (Å²) in [4.78, 5) is 2.32. The van der Waals surface area contributed by atoms with E-state index in [1.807, 2.05) is 30.3 Å². The van der Waals surface area contributed by atoms with Gasteiger partial charge in [0.1, 0.15) is 0 Å². The van der Waals surface area contributed by atoms with Crippen molar-refractivity contribution in [3.63, 3.8) is 0 Å². The third kappa shape index (κ3) is 3.78. The minimum absolute atomic E-state index is 0.0429. The van der Waals surface area contributed by atoms with Crippen molar-refractivity contribution in [2.75, 3.05) is 26.2 Å². The van der Waals surface area contributed by atoms with Gasteiger partial charge in [0.05, 0.1) is 11.8 Å². The van der Waals surface area contributed by atoms with Gasteiger partial charge in [0.2, 0.25) is 0 Å². The summed E-state index contributed by atoms with van der Waals surface area (Å²) in [5, 5.41) is 17.1. The van der Waals surface area contributed by atoms with Gasteiger partial charge in [-0.1, -0.05) is 30.3 Å². The lowest BCUT2D eigenvalue weighted by molar-refractivity contribution is 0.119. The van der Waals surface area contributed by atoms with Crippen molar-refractivity contribution in [3.05, 3.63) is 35.9 Å². The lowest BCUT2D eigenvalue weighted by atomic mass is 9.94. The van der Waals surface area contributed by atoms with E-state index < -0.39 is 0 Å². The van der Waals surface area contributed by atoms with Crippen LogP contribution in [0.4, 0.5) is 0 Å². The first-order chi connectivity index (χ1) is 9.20. The zero-order valence-corrected chi connectivity index (χ0v) is 11.3. The second-order valence-corrected chi connectivity index (χ2v) is 5.37. The summed E-state index contributed by atoms with van der Waals surface area (Å²) in [6.07, 6.45) is 2.22. The van der Waals surface area contributed by atoms with Crippen LogP contribution in [0, 0.1) is 11.3 Å². The van der Waals surface area contributed by atoms with Crippen LogP contribution in [-0.4, -0.2) is 42.1 Å². The van der Waals surface area contributed by atoms with Gasteiger partial charge >= 0.3 is 0 Å². The van der Waals surface area contributed by atoms with E-state index in [-0.39, 0.29) is 18.4 Å². The number of benzene rings is 1. The molecule has 104 valence electrons. The van der Waals surface area contributed by atoms with Crippen LogP contribution >= 0.6 is 0 Å². The Morgan fingerprint density at radius 1 is 1.42 bits per heavy atom. The number of nitrogens with zero attached hydrogens (tertiary/aromatic N) is 1. The molecule has 1 aliphatic rings. The summed E-state index contributed by atoms with van der Waals surface area (Å²) in [5.41, 5.74) is 6.86. The number of aliphatic hydroxyl groups is 1. The fourth-order valence-corrected chi connectivity index (χ4v) is 2.79. The van der Waals surface area contributed by atoms with Crippen molar-refractivity contribution in [1.82, 2.24) is 4.90 Å². The molecular weight excluding hydrogens is 238 g/mol. The fraction of sp³-hybridized carbons (Fsp3) is 0.533. The molecule has 4 nitrogen and oxygen atoms in total. The Bertz CT molecular complexity index is 407. The second-order valence-electron chi connectivity index (χ2n) is 5.37. The summed E-state index contributed by atoms with van der Waals surface area (Å²) in [5.74, 6) is 0.549. The van der Waals surface area contributed by atoms with E-state index >= 15 is 0 Å². The molecule has 4 heteroatoms. The Hall–Kier alpha value is -1.39. The monoisotopic (exact) mass is 261 g/mol. The van der Waals surface area contributed by atoms with Crippen molar-refractivity contribution in [3.8, 4) is 0 Å². The molecule has 0 amide bonds. The van der Waals surface area contributed by atoms with Crippen molar-refractivity contribution in [2.45, 2.75) is 18.8 Å². The van der Waals surface area contributed by atoms with Crippen molar-refractivity contribution < 1.29 is 5.11 Å². The Morgan fingerprint density at radius 3 is 2.79 bits per heavy atom. The molecule has 2 rings (SSSR count). The van der Waals surface area contributed by atoms with Crippen LogP contribution in [0.25, 0.3) is 0 Å². The van der Waals surface area contributed by atoms with Crippen LogP contribution in [-0.2, 0) is 0 Å². The molecule has 2 atom stereocenters. The van der Waals surface area contributed by atoms with Crippen molar-refractivity contribution in [1.29, 1.82) is 5.41 Å². The smallest absolute Gasteiger partial charge is 0.0995 e. The molecule has 19 heavy (non-hydrogen) atoms. The van der Waals surface area contributed by atoms with Gasteiger partial charge in [-0.3, -0.25) is 5.41 Å². The van der Waals surface area contributed by atoms with Crippen LogP contribution in [0.15, 0.2) is 30.3 Å². The third-order valence-corrected chi connectivity index (χ3v) is 3.88. The third-order valence-electron chi connectivity index (χ3n) is 3.88. The van der Waals surface area contributed by atoms with Crippen molar-refractivity contribution in [2.24, 2.45) is 11.7 Å². The number of hydrogen-bond donors (Lipinski definition) is 3. The van der Waals surface area contributed by atoms with Crippen LogP contribution in [0.1, 0.15) is 24.3 Å². The number of hydrogen-bond acceptors (Lipinski definition) is 3. The highest BCUT2D eigenvalue weighted by molar-refractivity contribution is 5.84. The van der Waals surface area contributed by atoms with Gasteiger partial charge in [-0.2, -0.15) is 0 Å². The first kappa shape index (κ1) is 14.0. The number of rotatable bonds is 5. The molecule has 0 saturated carbocycles. The van der Waals surface area contributed by atoms with Gasteiger partial charge in [0, 0.05) is 19.7 Å². The molecule has 0 bridgehead atoms. The number of likely N-dealkylation sites (tertiary alicyclic amines) is 1. The summed E-state index contributed by atoms with van der Waals surface area (Å²) in [6.45, 7) is 2.97. The molecule has 2 unspecified atom stereocenters. The Labute approximate surface area is 114 Å². The highest BCUT2D eigenvalue weighted by atomic mass is 16.3. The lowest BCUT2D eigenvalue weighted by Gasteiger charge is -2.34. The zero-order chi connectivity index (χ0) is 13.7. The van der Waals surface area contributed by atoms with Crippen LogP contribution in [0.3, 0.4) is 0 Å². The maximum absolute atomic E-state index is 9.28. The van der Waals surface area contributed by atoms with E-state index in [0.29, 0.717) is 5.92 Å². The fourth-order valence-electron chi connectivity index (χ4n) is 2.79. The van der Waals surface area contributed by atoms with E-state index in [1.165, 1.54) is 0 Å². The Kier molecular flexibility index (Phi) is 4.93. The molecule has 4 N–H and O–H groups in total. The highest BCUT2D eigenvalue weighted by Gasteiger charge is 2.24. The quantitative estimate of drug-likeness (QED) is 0.554. The minimum atomic E-state index is -0.0429. The van der Waals surface area contributed by atoms with E-state index in [4.69, 9.17) is 11.1 Å². The number of nitrogens with two attached hydrogens (primary N) is 1. The minimum Gasteiger partial charge on any atom is -0.396 e. The lowest BCUT2D eigenvalue weighted by Crippen LogP contribution is -2.41. The van der Waals surface area contributed by atoms with Gasteiger partial charge < -0.3 is 15.7 Å². The molecule has 0 spiro atoms. The largest absolute Gasteiger partial charge is 0.396 e. The molecule has 1 heterocycles. The predicted octanol–water partition coefficient (Wildman–Crippen LogP) is 1.41. The van der Waals surface area contributed by atoms with Gasteiger partial charge in [0.25, 0.3) is 0 Å². The van der Waals surface area contributed by atoms with E-state index in [9.17, 15) is 5.11 Å². The van der Waals surface area contributed by atoms with Crippen LogP contribution < -0.4 is 5.73 Å². The predicted molar refractivity (Wildman–Crippen MR) is 77.3 cm³/mol. The topological polar surface area (TPSA) is 73.3 Å². The van der Waals surface area contributed by atoms with Gasteiger partial charge in [-0.25, -0.2) is 0 Å². The van der Waals surface area contributed by atoms with Gasteiger partial charge in [-0.15, -0.1) is 0 Å². The molecule has 1 aliphatic heterocycles. The Morgan fingerprint density at radius 2 is 2.16 bits per heavy atom. The molecule has 0 aromatic heterocycles. The maximum Gasteiger partial charge on any atom is 0.0995 e. The first-order valence-electron chi connectivity index (χ1n) is 6.92. The Balaban J connectivity index is 2.03. The van der Waals surface area contributed by atoms with E-state index in [0.717, 1.165) is 38.0 Å². The average molecular weight is 261 g/mol. The SMILES string of the molecule is N=C(N)C(CN1CCCC(CO)C1)c1ccccc1. The molecule has 1 aromatic carbocycles. The van der Waals surface area contributed by atoms with Crippen molar-refractivity contribution >= 4 is 5.84 Å². The molecule has 1 aromatic rings. The summed E-state index contributed by atoms with van der Waals surface area (Å²) >= 11 is 0. The molecule has 0 aliphatic carbocycles. The van der Waals surface area contributed by atoms with Gasteiger partial charge in [0.15, 0.2) is 0 Å². The van der Waals surface area contributed by atoms with Crippen LogP contribution in [0.2, 0.25) is 0 Å². The number of nitrogens with one attached hydrogen (secondary N) is 1. The number of aliphatic hydroxyl groups excluding tert-OH is 1. The molecule has 1 saturated heterocycles. The summed E-state index contributed by atoms with van der Waals surface area (Å²) in [7, 11) is 0. The van der Waals surface area contributed by atoms with E-state index in [1.54, 1.807) is 0 Å². The van der Waals surface area contributed by atoms with Crippen LogP contribution in [0.5, 0.6) is 0 Å². The van der Waals surface area contributed by atoms with Gasteiger partial charge in [-0.05, 0) is 30.9 Å². The molecule has 1 fully saturated rings. The number of piperidine rings is 1. The summed E-state index contributed by atoms with van der Waals surface area (Å²) in [6, 6.07) is 10.00. The normalized spacial score (nSPS) is 22.1. The first-order valence-corrected chi connectivity index (χ1v) is 6.92. The zero-order valence-electron chi connectivity index (χ0n) is 11.3. The molecule has 0 radical (unpaired) electrons. The second kappa shape index (κ2) is 6.68. The standard InChI is InChI=1S/C15H23N3O/c16-15(17)14(13-6-2-1-3-7-13)10-18-8-4-5-12(9-18)11-19/h1-3,6-7,12,14,19H,4-5,8-11H2,(H3,16,17). The maximum atomic E-state index is 9.28.